The average Bonchev–Trinajstić information content (AvgIpc) is 3.04. The van der Waals surface area contributed by atoms with E-state index in [9.17, 15) is 0 Å². The first-order chi connectivity index (χ1) is 11.8. The standard InChI is InChI=1S/C20H23N3O/c21-14-16-7-8-19(17-5-2-1-3-6-17)20(13-16)24-12-4-10-23-11-9-18(22)15-23/h1-3,5-8,13,18H,4,9-12,15,22H2/t18-/m1/s1. The second-order valence-corrected chi connectivity index (χ2v) is 6.24. The topological polar surface area (TPSA) is 62.3 Å². The van der Waals surface area contributed by atoms with Crippen LogP contribution in [-0.4, -0.2) is 37.2 Å². The quantitative estimate of drug-likeness (QED) is 0.831. The largest absolute Gasteiger partial charge is 0.493 e. The van der Waals surface area contributed by atoms with Gasteiger partial charge in [0.25, 0.3) is 0 Å². The average molecular weight is 321 g/mol. The van der Waals surface area contributed by atoms with Gasteiger partial charge in [-0.05, 0) is 43.1 Å². The minimum Gasteiger partial charge on any atom is -0.493 e. The molecule has 1 atom stereocenters. The van der Waals surface area contributed by atoms with Crippen molar-refractivity contribution >= 4 is 0 Å². The number of benzene rings is 2. The Hall–Kier alpha value is -2.35. The Kier molecular flexibility index (Phi) is 5.47. The summed E-state index contributed by atoms with van der Waals surface area (Å²) in [6, 6.07) is 18.2. The normalized spacial score (nSPS) is 17.6. The molecule has 2 aromatic carbocycles. The van der Waals surface area contributed by atoms with Crippen LogP contribution in [0.25, 0.3) is 11.1 Å². The van der Waals surface area contributed by atoms with Crippen molar-refractivity contribution in [1.82, 2.24) is 4.90 Å². The predicted molar refractivity (Wildman–Crippen MR) is 95.7 cm³/mol. The second kappa shape index (κ2) is 7.96. The summed E-state index contributed by atoms with van der Waals surface area (Å²) in [5, 5.41) is 9.14. The van der Waals surface area contributed by atoms with Crippen molar-refractivity contribution in [2.45, 2.75) is 18.9 Å². The van der Waals surface area contributed by atoms with Crippen LogP contribution in [0.2, 0.25) is 0 Å². The van der Waals surface area contributed by atoms with Crippen molar-refractivity contribution < 1.29 is 4.74 Å². The van der Waals surface area contributed by atoms with E-state index in [1.165, 1.54) is 0 Å². The van der Waals surface area contributed by atoms with Gasteiger partial charge in [-0.2, -0.15) is 5.26 Å². The van der Waals surface area contributed by atoms with Gasteiger partial charge in [-0.3, -0.25) is 0 Å². The van der Waals surface area contributed by atoms with Crippen LogP contribution in [0.5, 0.6) is 5.75 Å². The highest BCUT2D eigenvalue weighted by Gasteiger charge is 2.18. The molecule has 4 nitrogen and oxygen atoms in total. The first-order valence-electron chi connectivity index (χ1n) is 8.46. The number of rotatable bonds is 6. The molecule has 1 heterocycles. The maximum absolute atomic E-state index is 9.14. The van der Waals surface area contributed by atoms with E-state index in [1.807, 2.05) is 36.4 Å². The van der Waals surface area contributed by atoms with Gasteiger partial charge < -0.3 is 15.4 Å². The zero-order chi connectivity index (χ0) is 16.8. The molecular weight excluding hydrogens is 298 g/mol. The number of hydrogen-bond acceptors (Lipinski definition) is 4. The molecule has 0 spiro atoms. The Morgan fingerprint density at radius 3 is 2.75 bits per heavy atom. The Morgan fingerprint density at radius 1 is 1.21 bits per heavy atom. The minimum atomic E-state index is 0.322. The Bertz CT molecular complexity index is 709. The van der Waals surface area contributed by atoms with E-state index in [0.717, 1.165) is 49.4 Å². The van der Waals surface area contributed by atoms with Crippen LogP contribution in [0.3, 0.4) is 0 Å². The van der Waals surface area contributed by atoms with Gasteiger partial charge in [-0.25, -0.2) is 0 Å². The maximum Gasteiger partial charge on any atom is 0.128 e. The zero-order valence-electron chi connectivity index (χ0n) is 13.8. The second-order valence-electron chi connectivity index (χ2n) is 6.24. The van der Waals surface area contributed by atoms with Crippen molar-refractivity contribution in [1.29, 1.82) is 5.26 Å². The van der Waals surface area contributed by atoms with Crippen molar-refractivity contribution in [3.05, 3.63) is 54.1 Å². The monoisotopic (exact) mass is 321 g/mol. The summed E-state index contributed by atoms with van der Waals surface area (Å²) in [5.74, 6) is 0.776. The summed E-state index contributed by atoms with van der Waals surface area (Å²) in [7, 11) is 0. The van der Waals surface area contributed by atoms with E-state index in [0.29, 0.717) is 18.2 Å². The predicted octanol–water partition coefficient (Wildman–Crippen LogP) is 3.03. The summed E-state index contributed by atoms with van der Waals surface area (Å²) in [6.07, 6.45) is 2.04. The van der Waals surface area contributed by atoms with Gasteiger partial charge in [0.15, 0.2) is 0 Å². The van der Waals surface area contributed by atoms with Crippen molar-refractivity contribution in [2.24, 2.45) is 5.73 Å². The van der Waals surface area contributed by atoms with Crippen LogP contribution < -0.4 is 10.5 Å². The Morgan fingerprint density at radius 2 is 2.04 bits per heavy atom. The van der Waals surface area contributed by atoms with Crippen LogP contribution in [0.4, 0.5) is 0 Å². The number of nitrogens with zero attached hydrogens (tertiary/aromatic N) is 2. The molecule has 0 aliphatic carbocycles. The smallest absolute Gasteiger partial charge is 0.128 e. The van der Waals surface area contributed by atoms with E-state index in [2.05, 4.69) is 23.1 Å². The third-order valence-corrected chi connectivity index (χ3v) is 4.38. The summed E-state index contributed by atoms with van der Waals surface area (Å²) in [4.78, 5) is 2.39. The van der Waals surface area contributed by atoms with E-state index in [1.54, 1.807) is 0 Å². The molecule has 4 heteroatoms. The molecule has 1 aliphatic heterocycles. The van der Waals surface area contributed by atoms with Gasteiger partial charge in [-0.1, -0.05) is 30.3 Å². The van der Waals surface area contributed by atoms with Gasteiger partial charge in [0.1, 0.15) is 5.75 Å². The van der Waals surface area contributed by atoms with E-state index in [4.69, 9.17) is 15.7 Å². The molecule has 0 amide bonds. The molecule has 0 bridgehead atoms. The first kappa shape index (κ1) is 16.5. The summed E-state index contributed by atoms with van der Waals surface area (Å²) in [6.45, 7) is 3.71. The van der Waals surface area contributed by atoms with Gasteiger partial charge in [-0.15, -0.1) is 0 Å². The third kappa shape index (κ3) is 4.14. The summed E-state index contributed by atoms with van der Waals surface area (Å²) >= 11 is 0. The fraction of sp³-hybridized carbons (Fsp3) is 0.350. The molecular formula is C20H23N3O. The molecule has 1 aliphatic rings. The van der Waals surface area contributed by atoms with Gasteiger partial charge in [0.05, 0.1) is 18.2 Å². The van der Waals surface area contributed by atoms with Crippen LogP contribution in [-0.2, 0) is 0 Å². The highest BCUT2D eigenvalue weighted by atomic mass is 16.5. The molecule has 0 aromatic heterocycles. The SMILES string of the molecule is N#Cc1ccc(-c2ccccc2)c(OCCCN2CC[C@@H](N)C2)c1. The lowest BCUT2D eigenvalue weighted by atomic mass is 10.0. The lowest BCUT2D eigenvalue weighted by molar-refractivity contribution is 0.262. The lowest BCUT2D eigenvalue weighted by Gasteiger charge is -2.16. The number of hydrogen-bond donors (Lipinski definition) is 1. The number of nitriles is 1. The molecule has 124 valence electrons. The molecule has 2 aromatic rings. The van der Waals surface area contributed by atoms with E-state index >= 15 is 0 Å². The van der Waals surface area contributed by atoms with Crippen LogP contribution in [0.15, 0.2) is 48.5 Å². The number of nitrogens with two attached hydrogens (primary N) is 1. The van der Waals surface area contributed by atoms with Gasteiger partial charge in [0.2, 0.25) is 0 Å². The minimum absolute atomic E-state index is 0.322. The van der Waals surface area contributed by atoms with Crippen LogP contribution in [0, 0.1) is 11.3 Å². The van der Waals surface area contributed by atoms with Gasteiger partial charge in [0, 0.05) is 24.7 Å². The lowest BCUT2D eigenvalue weighted by Crippen LogP contribution is -2.28. The van der Waals surface area contributed by atoms with Crippen LogP contribution in [0.1, 0.15) is 18.4 Å². The van der Waals surface area contributed by atoms with Gasteiger partial charge >= 0.3 is 0 Å². The summed E-state index contributed by atoms with van der Waals surface area (Å²) in [5.41, 5.74) is 8.68. The van der Waals surface area contributed by atoms with E-state index < -0.39 is 0 Å². The Balaban J connectivity index is 1.64. The van der Waals surface area contributed by atoms with E-state index in [-0.39, 0.29) is 0 Å². The maximum atomic E-state index is 9.14. The molecule has 0 radical (unpaired) electrons. The fourth-order valence-corrected chi connectivity index (χ4v) is 3.10. The first-order valence-corrected chi connectivity index (χ1v) is 8.46. The third-order valence-electron chi connectivity index (χ3n) is 4.38. The highest BCUT2D eigenvalue weighted by Crippen LogP contribution is 2.31. The van der Waals surface area contributed by atoms with Crippen molar-refractivity contribution in [3.63, 3.8) is 0 Å². The molecule has 0 unspecified atom stereocenters. The molecule has 1 fully saturated rings. The zero-order valence-corrected chi connectivity index (χ0v) is 13.8. The fourth-order valence-electron chi connectivity index (χ4n) is 3.10. The Labute approximate surface area is 143 Å². The molecule has 3 rings (SSSR count). The molecule has 2 N–H and O–H groups in total. The van der Waals surface area contributed by atoms with Crippen LogP contribution >= 0.6 is 0 Å². The van der Waals surface area contributed by atoms with Crippen molar-refractivity contribution in [2.75, 3.05) is 26.2 Å². The molecule has 24 heavy (non-hydrogen) atoms. The number of likely N-dealkylation sites (tertiary alicyclic amines) is 1. The summed E-state index contributed by atoms with van der Waals surface area (Å²) < 4.78 is 6.01. The molecule has 0 saturated carbocycles. The van der Waals surface area contributed by atoms with Crippen molar-refractivity contribution in [3.8, 4) is 22.9 Å². The number of ether oxygens (including phenoxy) is 1. The highest BCUT2D eigenvalue weighted by molar-refractivity contribution is 5.71. The molecule has 1 saturated heterocycles.